The number of carboxylic acids is 1. The second-order valence-corrected chi connectivity index (χ2v) is 17.6. The van der Waals surface area contributed by atoms with Crippen molar-refractivity contribution in [2.45, 2.75) is 129 Å². The first-order valence-electron chi connectivity index (χ1n) is 21.9. The largest absolute Gasteiger partial charge is 0.480 e. The van der Waals surface area contributed by atoms with Crippen molar-refractivity contribution in [3.63, 3.8) is 0 Å². The molecule has 9 atom stereocenters. The van der Waals surface area contributed by atoms with E-state index in [2.05, 4.69) is 37.2 Å². The third-order valence-electron chi connectivity index (χ3n) is 11.0. The predicted octanol–water partition coefficient (Wildman–Crippen LogP) is 1.35. The Hall–Kier alpha value is -5.98. The number of benzene rings is 2. The van der Waals surface area contributed by atoms with E-state index in [0.29, 0.717) is 42.6 Å². The number of amides is 8. The minimum absolute atomic E-state index is 0.0337. The summed E-state index contributed by atoms with van der Waals surface area (Å²) in [5, 5.41) is 28.1. The first kappa shape index (κ1) is 55.2. The van der Waals surface area contributed by atoms with Gasteiger partial charge < -0.3 is 48.1 Å². The topological polar surface area (TPSA) is 284 Å². The van der Waals surface area contributed by atoms with Crippen LogP contribution in [0.3, 0.4) is 0 Å². The van der Waals surface area contributed by atoms with Gasteiger partial charge in [0.25, 0.3) is 0 Å². The highest BCUT2D eigenvalue weighted by molar-refractivity contribution is 7.98. The molecule has 0 fully saturated rings. The summed E-state index contributed by atoms with van der Waals surface area (Å²) in [7, 11) is 0. The van der Waals surface area contributed by atoms with Gasteiger partial charge in [0.1, 0.15) is 42.3 Å². The Bertz CT molecular complexity index is 1890. The van der Waals surface area contributed by atoms with Crippen LogP contribution in [0.1, 0.15) is 84.8 Å². The van der Waals surface area contributed by atoms with Gasteiger partial charge in [0.15, 0.2) is 0 Å². The maximum atomic E-state index is 14.4. The van der Waals surface area contributed by atoms with Gasteiger partial charge in [-0.15, -0.1) is 0 Å². The highest BCUT2D eigenvalue weighted by Crippen LogP contribution is 2.15. The number of carbonyl (C=O) groups is 9. The van der Waals surface area contributed by atoms with Gasteiger partial charge >= 0.3 is 5.97 Å². The standard InChI is InChI=1S/C46H68N8O10S/c1-8-28(5)38(44(61)51-35(25-37(47)56)43(60)54-39(29(6)9-2)45(62)52-36(46(63)64)22-27(3)4)53-42(59)34(24-31-18-14-11-15-19-31)50-41(58)33(23-30-16-12-10-13-17-30)49-40(57)32(48-26-55)20-21-65-7/h10-19,26-29,32-36,38-39H,8-9,20-25H2,1-7H3,(H2,47,56)(H,48,55)(H,49,57)(H,50,58)(H,51,61)(H,52,62)(H,53,59)(H,54,60)(H,63,64)/t28-,29-,32-,33-,34-,35-,36-,38-,39-/m0/s1. The third kappa shape index (κ3) is 19.3. The highest BCUT2D eigenvalue weighted by Gasteiger charge is 2.37. The summed E-state index contributed by atoms with van der Waals surface area (Å²) in [6.07, 6.45) is 2.77. The molecule has 0 saturated carbocycles. The average Bonchev–Trinajstić information content (AvgIpc) is 3.27. The number of primary amides is 1. The molecular formula is C46H68N8O10S. The fourth-order valence-corrected chi connectivity index (χ4v) is 7.28. The number of carbonyl (C=O) groups excluding carboxylic acids is 8. The quantitative estimate of drug-likeness (QED) is 0.0505. The van der Waals surface area contributed by atoms with Gasteiger partial charge in [0, 0.05) is 12.8 Å². The van der Waals surface area contributed by atoms with Crippen molar-refractivity contribution in [1.29, 1.82) is 0 Å². The Balaban J connectivity index is 2.47. The average molecular weight is 925 g/mol. The van der Waals surface area contributed by atoms with Crippen molar-refractivity contribution < 1.29 is 48.3 Å². The van der Waals surface area contributed by atoms with Crippen LogP contribution >= 0.6 is 11.8 Å². The van der Waals surface area contributed by atoms with E-state index in [0.717, 1.165) is 0 Å². The molecule has 0 aliphatic carbocycles. The Morgan fingerprint density at radius 3 is 1.38 bits per heavy atom. The SMILES string of the molecule is CC[C@H](C)[C@H](NC(=O)[C@H](CC(N)=O)NC(=O)[C@@H](NC(=O)[C@H](Cc1ccccc1)NC(=O)[C@H](Cc1ccccc1)NC(=O)[C@H](CCSC)NC=O)[C@@H](C)CC)C(=O)N[C@@H](CC(C)C)C(=O)O. The lowest BCUT2D eigenvalue weighted by Gasteiger charge is -2.30. The van der Waals surface area contributed by atoms with E-state index < -0.39 is 108 Å². The molecule has 0 aromatic heterocycles. The summed E-state index contributed by atoms with van der Waals surface area (Å²) in [4.78, 5) is 119. The van der Waals surface area contributed by atoms with Crippen LogP contribution in [-0.2, 0) is 56.0 Å². The molecule has 2 rings (SSSR count). The molecule has 8 amide bonds. The third-order valence-corrected chi connectivity index (χ3v) is 11.6. The van der Waals surface area contributed by atoms with Crippen LogP contribution in [0.15, 0.2) is 60.7 Å². The van der Waals surface area contributed by atoms with Crippen molar-refractivity contribution in [2.24, 2.45) is 23.5 Å². The van der Waals surface area contributed by atoms with Gasteiger partial charge in [-0.1, -0.05) is 115 Å². The number of carboxylic acid groups (broad SMARTS) is 1. The lowest BCUT2D eigenvalue weighted by atomic mass is 9.95. The van der Waals surface area contributed by atoms with Gasteiger partial charge in [-0.25, -0.2) is 4.79 Å². The molecule has 0 aliphatic heterocycles. The number of aliphatic carboxylic acids is 1. The summed E-state index contributed by atoms with van der Waals surface area (Å²) in [5.74, 6) is -7.44. The minimum atomic E-state index is -1.61. The van der Waals surface area contributed by atoms with E-state index in [-0.39, 0.29) is 25.2 Å². The van der Waals surface area contributed by atoms with Crippen LogP contribution < -0.4 is 43.0 Å². The summed E-state index contributed by atoms with van der Waals surface area (Å²) in [6, 6.07) is 8.85. The zero-order valence-electron chi connectivity index (χ0n) is 38.4. The Kier molecular flexibility index (Phi) is 24.4. The summed E-state index contributed by atoms with van der Waals surface area (Å²) < 4.78 is 0. The summed E-state index contributed by atoms with van der Waals surface area (Å²) in [6.45, 7) is 10.5. The Morgan fingerprint density at radius 1 is 0.600 bits per heavy atom. The maximum Gasteiger partial charge on any atom is 0.326 e. The van der Waals surface area contributed by atoms with Crippen molar-refractivity contribution in [3.05, 3.63) is 71.8 Å². The van der Waals surface area contributed by atoms with Crippen LogP contribution in [0.4, 0.5) is 0 Å². The predicted molar refractivity (Wildman–Crippen MR) is 248 cm³/mol. The fraction of sp³-hybridized carbons (Fsp3) is 0.543. The van der Waals surface area contributed by atoms with Gasteiger partial charge in [-0.05, 0) is 53.7 Å². The minimum Gasteiger partial charge on any atom is -0.480 e. The summed E-state index contributed by atoms with van der Waals surface area (Å²) in [5.41, 5.74) is 6.88. The Labute approximate surface area is 385 Å². The number of thioether (sulfide) groups is 1. The molecule has 18 nitrogen and oxygen atoms in total. The molecule has 2 aromatic rings. The first-order valence-corrected chi connectivity index (χ1v) is 23.3. The molecule has 0 radical (unpaired) electrons. The number of nitrogens with one attached hydrogen (secondary N) is 7. The number of hydrogen-bond donors (Lipinski definition) is 9. The van der Waals surface area contributed by atoms with Gasteiger partial charge in [-0.2, -0.15) is 11.8 Å². The van der Waals surface area contributed by atoms with E-state index in [4.69, 9.17) is 5.73 Å². The maximum absolute atomic E-state index is 14.4. The molecule has 65 heavy (non-hydrogen) atoms. The van der Waals surface area contributed by atoms with Crippen LogP contribution in [0.5, 0.6) is 0 Å². The molecule has 0 saturated heterocycles. The molecular weight excluding hydrogens is 857 g/mol. The van der Waals surface area contributed by atoms with E-state index in [1.54, 1.807) is 102 Å². The molecule has 0 unspecified atom stereocenters. The summed E-state index contributed by atoms with van der Waals surface area (Å²) >= 11 is 1.48. The zero-order valence-corrected chi connectivity index (χ0v) is 39.2. The van der Waals surface area contributed by atoms with E-state index in [9.17, 15) is 48.3 Å². The number of hydrogen-bond acceptors (Lipinski definition) is 10. The molecule has 0 heterocycles. The van der Waals surface area contributed by atoms with Crippen molar-refractivity contribution in [2.75, 3.05) is 12.0 Å². The zero-order chi connectivity index (χ0) is 48.6. The smallest absolute Gasteiger partial charge is 0.326 e. The highest BCUT2D eigenvalue weighted by atomic mass is 32.2. The van der Waals surface area contributed by atoms with Crippen molar-refractivity contribution in [3.8, 4) is 0 Å². The van der Waals surface area contributed by atoms with Crippen molar-refractivity contribution in [1.82, 2.24) is 37.2 Å². The molecule has 2 aromatic carbocycles. The molecule has 0 bridgehead atoms. The van der Waals surface area contributed by atoms with E-state index in [1.807, 2.05) is 6.26 Å². The van der Waals surface area contributed by atoms with Gasteiger partial charge in [0.05, 0.1) is 6.42 Å². The van der Waals surface area contributed by atoms with Crippen LogP contribution in [0, 0.1) is 17.8 Å². The molecule has 0 aliphatic rings. The van der Waals surface area contributed by atoms with Crippen LogP contribution in [0.25, 0.3) is 0 Å². The molecule has 10 N–H and O–H groups in total. The fourth-order valence-electron chi connectivity index (χ4n) is 6.81. The Morgan fingerprint density at radius 2 is 1.00 bits per heavy atom. The molecule has 0 spiro atoms. The van der Waals surface area contributed by atoms with Gasteiger partial charge in [0.2, 0.25) is 47.8 Å². The first-order chi connectivity index (χ1) is 30.8. The lowest BCUT2D eigenvalue weighted by molar-refractivity contribution is -0.143. The number of rotatable bonds is 30. The molecule has 358 valence electrons. The van der Waals surface area contributed by atoms with E-state index >= 15 is 0 Å². The van der Waals surface area contributed by atoms with Crippen LogP contribution in [0.2, 0.25) is 0 Å². The van der Waals surface area contributed by atoms with Gasteiger partial charge in [-0.3, -0.25) is 38.4 Å². The monoisotopic (exact) mass is 924 g/mol. The van der Waals surface area contributed by atoms with Crippen LogP contribution in [-0.4, -0.2) is 113 Å². The molecule has 19 heteroatoms. The lowest BCUT2D eigenvalue weighted by Crippen LogP contribution is -2.62. The van der Waals surface area contributed by atoms with Crippen molar-refractivity contribution >= 4 is 65.5 Å². The second kappa shape index (κ2) is 28.7. The normalized spacial score (nSPS) is 15.2. The van der Waals surface area contributed by atoms with E-state index in [1.165, 1.54) is 11.8 Å². The second-order valence-electron chi connectivity index (χ2n) is 16.6. The number of nitrogens with two attached hydrogens (primary N) is 1.